The fourth-order valence-electron chi connectivity index (χ4n) is 3.17. The third-order valence-corrected chi connectivity index (χ3v) is 4.71. The van der Waals surface area contributed by atoms with Gasteiger partial charge < -0.3 is 10.3 Å². The second-order valence-corrected chi connectivity index (χ2v) is 7.02. The summed E-state index contributed by atoms with van der Waals surface area (Å²) in [6.07, 6.45) is -0.395. The maximum absolute atomic E-state index is 13.3. The number of rotatable bonds is 4. The van der Waals surface area contributed by atoms with Gasteiger partial charge in [0.25, 0.3) is 0 Å². The highest BCUT2D eigenvalue weighted by Gasteiger charge is 2.32. The van der Waals surface area contributed by atoms with Crippen LogP contribution < -0.4 is 5.32 Å². The molecule has 0 unspecified atom stereocenters. The summed E-state index contributed by atoms with van der Waals surface area (Å²) in [6, 6.07) is 12.4. The van der Waals surface area contributed by atoms with E-state index < -0.39 is 17.8 Å². The fraction of sp³-hybridized carbons (Fsp3) is 0.0455. The smallest absolute Gasteiger partial charge is 0.337 e. The SMILES string of the molecule is Fc1cccc(-c2cnc(Nc3cccc(-c4nc5cc(C(F)(F)F)ncc5[nH]4)c3)nc2)n1. The fourth-order valence-corrected chi connectivity index (χ4v) is 3.17. The Morgan fingerprint density at radius 1 is 0.818 bits per heavy atom. The Kier molecular flexibility index (Phi) is 4.93. The Labute approximate surface area is 183 Å². The highest BCUT2D eigenvalue weighted by Crippen LogP contribution is 2.30. The molecule has 0 fully saturated rings. The van der Waals surface area contributed by atoms with Gasteiger partial charge in [-0.2, -0.15) is 17.6 Å². The molecule has 0 aliphatic heterocycles. The van der Waals surface area contributed by atoms with Crippen LogP contribution in [0.5, 0.6) is 0 Å². The number of alkyl halides is 3. The van der Waals surface area contributed by atoms with Crippen molar-refractivity contribution in [3.05, 3.63) is 78.8 Å². The molecule has 0 bridgehead atoms. The summed E-state index contributed by atoms with van der Waals surface area (Å²) < 4.78 is 52.0. The molecule has 0 amide bonds. The number of nitrogens with one attached hydrogen (secondary N) is 2. The van der Waals surface area contributed by atoms with Crippen LogP contribution in [0, 0.1) is 5.95 Å². The van der Waals surface area contributed by atoms with Crippen LogP contribution >= 0.6 is 0 Å². The van der Waals surface area contributed by atoms with E-state index in [9.17, 15) is 17.6 Å². The highest BCUT2D eigenvalue weighted by atomic mass is 19.4. The number of anilines is 2. The van der Waals surface area contributed by atoms with Crippen LogP contribution in [0.25, 0.3) is 33.7 Å². The van der Waals surface area contributed by atoms with Crippen molar-refractivity contribution in [3.8, 4) is 22.6 Å². The number of fused-ring (bicyclic) bond motifs is 1. The topological polar surface area (TPSA) is 92.3 Å². The maximum atomic E-state index is 13.3. The van der Waals surface area contributed by atoms with Crippen LogP contribution in [0.2, 0.25) is 0 Å². The lowest BCUT2D eigenvalue weighted by Gasteiger charge is -2.07. The van der Waals surface area contributed by atoms with Crippen LogP contribution in [-0.4, -0.2) is 29.9 Å². The molecular formula is C22H13F4N7. The number of aromatic nitrogens is 6. The second kappa shape index (κ2) is 7.93. The first kappa shape index (κ1) is 20.5. The number of pyridine rings is 2. The van der Waals surface area contributed by atoms with E-state index in [-0.39, 0.29) is 5.52 Å². The Hall–Kier alpha value is -4.41. The highest BCUT2D eigenvalue weighted by molar-refractivity contribution is 5.79. The largest absolute Gasteiger partial charge is 0.433 e. The van der Waals surface area contributed by atoms with Crippen LogP contribution in [0.15, 0.2) is 67.1 Å². The van der Waals surface area contributed by atoms with E-state index in [0.717, 1.165) is 12.3 Å². The van der Waals surface area contributed by atoms with Gasteiger partial charge in [-0.05, 0) is 30.3 Å². The van der Waals surface area contributed by atoms with Gasteiger partial charge in [0.1, 0.15) is 11.5 Å². The minimum absolute atomic E-state index is 0.163. The van der Waals surface area contributed by atoms with Gasteiger partial charge in [0, 0.05) is 29.2 Å². The van der Waals surface area contributed by atoms with E-state index in [0.29, 0.717) is 39.8 Å². The van der Waals surface area contributed by atoms with E-state index in [4.69, 9.17) is 0 Å². The third kappa shape index (κ3) is 4.33. The van der Waals surface area contributed by atoms with Crippen molar-refractivity contribution in [2.45, 2.75) is 6.18 Å². The number of imidazole rings is 1. The molecule has 0 aliphatic carbocycles. The van der Waals surface area contributed by atoms with Crippen LogP contribution in [0.1, 0.15) is 5.69 Å². The predicted molar refractivity (Wildman–Crippen MR) is 113 cm³/mol. The van der Waals surface area contributed by atoms with Crippen LogP contribution in [0.3, 0.4) is 0 Å². The number of halogens is 4. The molecule has 1 aromatic carbocycles. The first-order valence-electron chi connectivity index (χ1n) is 9.60. The summed E-state index contributed by atoms with van der Waals surface area (Å²) in [5, 5.41) is 3.05. The second-order valence-electron chi connectivity index (χ2n) is 7.02. The molecule has 0 saturated carbocycles. The van der Waals surface area contributed by atoms with Crippen molar-refractivity contribution in [1.82, 2.24) is 29.9 Å². The number of benzene rings is 1. The molecule has 4 heterocycles. The van der Waals surface area contributed by atoms with E-state index in [1.54, 1.807) is 36.4 Å². The van der Waals surface area contributed by atoms with Gasteiger partial charge in [0.05, 0.1) is 22.9 Å². The number of hydrogen-bond donors (Lipinski definition) is 2. The van der Waals surface area contributed by atoms with Gasteiger partial charge in [-0.25, -0.2) is 24.9 Å². The molecule has 33 heavy (non-hydrogen) atoms. The van der Waals surface area contributed by atoms with Gasteiger partial charge in [-0.3, -0.25) is 0 Å². The van der Waals surface area contributed by atoms with Gasteiger partial charge in [0.15, 0.2) is 0 Å². The first-order valence-corrected chi connectivity index (χ1v) is 9.60. The molecule has 164 valence electrons. The predicted octanol–water partition coefficient (Wildman–Crippen LogP) is 5.38. The standard InChI is InChI=1S/C22H13F4N7/c23-19-6-2-5-15(31-19)13-9-28-21(29-10-13)30-14-4-1-3-12(7-14)20-32-16-8-18(22(24,25)26)27-11-17(16)33-20/h1-11H,(H,32,33)(H,28,29,30). The van der Waals surface area contributed by atoms with E-state index in [1.807, 2.05) is 0 Å². The zero-order valence-corrected chi connectivity index (χ0v) is 16.6. The average molecular weight is 451 g/mol. The van der Waals surface area contributed by atoms with Gasteiger partial charge in [-0.1, -0.05) is 18.2 Å². The zero-order chi connectivity index (χ0) is 23.0. The quantitative estimate of drug-likeness (QED) is 0.282. The zero-order valence-electron chi connectivity index (χ0n) is 16.6. The average Bonchev–Trinajstić information content (AvgIpc) is 3.23. The van der Waals surface area contributed by atoms with Crippen molar-refractivity contribution in [2.24, 2.45) is 0 Å². The molecular weight excluding hydrogens is 438 g/mol. The number of H-pyrrole nitrogens is 1. The van der Waals surface area contributed by atoms with Crippen LogP contribution in [0.4, 0.5) is 29.2 Å². The molecule has 5 rings (SSSR count). The molecule has 4 aromatic heterocycles. The monoisotopic (exact) mass is 451 g/mol. The van der Waals surface area contributed by atoms with E-state index >= 15 is 0 Å². The summed E-state index contributed by atoms with van der Waals surface area (Å²) in [6.45, 7) is 0. The van der Waals surface area contributed by atoms with Gasteiger partial charge in [-0.15, -0.1) is 0 Å². The molecule has 5 aromatic rings. The third-order valence-electron chi connectivity index (χ3n) is 4.71. The van der Waals surface area contributed by atoms with Crippen molar-refractivity contribution >= 4 is 22.7 Å². The first-order chi connectivity index (χ1) is 15.8. The molecule has 7 nitrogen and oxygen atoms in total. The summed E-state index contributed by atoms with van der Waals surface area (Å²) in [7, 11) is 0. The number of hydrogen-bond acceptors (Lipinski definition) is 6. The summed E-state index contributed by atoms with van der Waals surface area (Å²) in [4.78, 5) is 22.9. The lowest BCUT2D eigenvalue weighted by Crippen LogP contribution is -2.07. The molecule has 0 saturated heterocycles. The van der Waals surface area contributed by atoms with Crippen molar-refractivity contribution in [3.63, 3.8) is 0 Å². The van der Waals surface area contributed by atoms with Crippen molar-refractivity contribution in [1.29, 1.82) is 0 Å². The summed E-state index contributed by atoms with van der Waals surface area (Å²) in [5.41, 5.74) is 1.80. The summed E-state index contributed by atoms with van der Waals surface area (Å²) in [5.74, 6) is 0.0988. The molecule has 0 aliphatic rings. The van der Waals surface area contributed by atoms with E-state index in [1.165, 1.54) is 18.5 Å². The molecule has 2 N–H and O–H groups in total. The Morgan fingerprint density at radius 2 is 1.61 bits per heavy atom. The number of aromatic amines is 1. The Balaban J connectivity index is 1.38. The lowest BCUT2D eigenvalue weighted by molar-refractivity contribution is -0.141. The Bertz CT molecular complexity index is 1450. The molecule has 0 radical (unpaired) electrons. The lowest BCUT2D eigenvalue weighted by atomic mass is 10.2. The normalized spacial score (nSPS) is 11.6. The van der Waals surface area contributed by atoms with Gasteiger partial charge in [0.2, 0.25) is 11.9 Å². The maximum Gasteiger partial charge on any atom is 0.433 e. The van der Waals surface area contributed by atoms with E-state index in [2.05, 4.69) is 35.2 Å². The van der Waals surface area contributed by atoms with Crippen molar-refractivity contribution in [2.75, 3.05) is 5.32 Å². The Morgan fingerprint density at radius 3 is 2.36 bits per heavy atom. The number of nitrogens with zero attached hydrogens (tertiary/aromatic N) is 5. The molecule has 0 atom stereocenters. The summed E-state index contributed by atoms with van der Waals surface area (Å²) >= 11 is 0. The minimum atomic E-state index is -4.54. The molecule has 11 heteroatoms. The van der Waals surface area contributed by atoms with Crippen LogP contribution in [-0.2, 0) is 6.18 Å². The minimum Gasteiger partial charge on any atom is -0.337 e. The molecule has 0 spiro atoms. The van der Waals surface area contributed by atoms with Crippen molar-refractivity contribution < 1.29 is 17.6 Å². The van der Waals surface area contributed by atoms with Gasteiger partial charge >= 0.3 is 6.18 Å².